The van der Waals surface area contributed by atoms with Crippen LogP contribution < -0.4 is 0 Å². The fourth-order valence-corrected chi connectivity index (χ4v) is 3.07. The van der Waals surface area contributed by atoms with Gasteiger partial charge in [-0.15, -0.1) is 0 Å². The van der Waals surface area contributed by atoms with Crippen molar-refractivity contribution in [3.05, 3.63) is 59.3 Å². The molecule has 134 valence electrons. The van der Waals surface area contributed by atoms with Gasteiger partial charge in [-0.05, 0) is 31.2 Å². The van der Waals surface area contributed by atoms with Crippen molar-refractivity contribution in [2.24, 2.45) is 0 Å². The largest absolute Gasteiger partial charge is 0.387 e. The van der Waals surface area contributed by atoms with E-state index >= 15 is 0 Å². The molecule has 0 fully saturated rings. The van der Waals surface area contributed by atoms with Gasteiger partial charge >= 0.3 is 0 Å². The van der Waals surface area contributed by atoms with Crippen LogP contribution in [0, 0.1) is 5.82 Å². The van der Waals surface area contributed by atoms with Crippen molar-refractivity contribution in [2.45, 2.75) is 26.1 Å². The number of rotatable bonds is 3. The number of H-pyrrole nitrogens is 1. The van der Waals surface area contributed by atoms with E-state index in [0.29, 0.717) is 42.3 Å². The van der Waals surface area contributed by atoms with Crippen molar-refractivity contribution in [2.75, 3.05) is 6.54 Å². The highest BCUT2D eigenvalue weighted by atomic mass is 19.1. The summed E-state index contributed by atoms with van der Waals surface area (Å²) >= 11 is 0. The Labute approximate surface area is 149 Å². The number of halogens is 1. The van der Waals surface area contributed by atoms with E-state index in [-0.39, 0.29) is 11.7 Å². The van der Waals surface area contributed by atoms with Gasteiger partial charge in [-0.1, -0.05) is 12.1 Å². The number of nitrogens with one attached hydrogen (secondary N) is 1. The quantitative estimate of drug-likeness (QED) is 0.753. The number of hydrogen-bond donors (Lipinski definition) is 2. The van der Waals surface area contributed by atoms with Crippen molar-refractivity contribution >= 4 is 5.91 Å². The van der Waals surface area contributed by atoms with Gasteiger partial charge < -0.3 is 10.0 Å². The second kappa shape index (κ2) is 6.38. The molecule has 1 aliphatic rings. The van der Waals surface area contributed by atoms with Crippen LogP contribution in [0.4, 0.5) is 4.39 Å². The van der Waals surface area contributed by atoms with E-state index in [1.807, 2.05) is 10.7 Å². The van der Waals surface area contributed by atoms with E-state index in [2.05, 4.69) is 15.3 Å². The van der Waals surface area contributed by atoms with Crippen LogP contribution in [-0.4, -0.2) is 42.4 Å². The van der Waals surface area contributed by atoms with Gasteiger partial charge in [-0.2, -0.15) is 10.2 Å². The maximum absolute atomic E-state index is 13.9. The third-order valence-corrected chi connectivity index (χ3v) is 4.49. The first-order valence-corrected chi connectivity index (χ1v) is 8.37. The van der Waals surface area contributed by atoms with Gasteiger partial charge in [-0.25, -0.2) is 4.39 Å². The minimum atomic E-state index is -0.645. The summed E-state index contributed by atoms with van der Waals surface area (Å²) in [7, 11) is 0. The summed E-state index contributed by atoms with van der Waals surface area (Å²) in [5.41, 5.74) is 2.52. The van der Waals surface area contributed by atoms with Gasteiger partial charge in [0.2, 0.25) is 0 Å². The number of aliphatic hydroxyl groups is 1. The maximum atomic E-state index is 13.9. The van der Waals surface area contributed by atoms with Crippen LogP contribution in [0.2, 0.25) is 0 Å². The fourth-order valence-electron chi connectivity index (χ4n) is 3.07. The molecule has 0 aliphatic carbocycles. The number of carbonyl (C=O) groups excluding carboxylic acids is 1. The zero-order valence-electron chi connectivity index (χ0n) is 14.2. The van der Waals surface area contributed by atoms with Crippen molar-refractivity contribution in [1.82, 2.24) is 24.9 Å². The van der Waals surface area contributed by atoms with E-state index in [1.54, 1.807) is 36.1 Å². The first-order chi connectivity index (χ1) is 12.5. The highest BCUT2D eigenvalue weighted by molar-refractivity contribution is 5.93. The van der Waals surface area contributed by atoms with Gasteiger partial charge in [0.25, 0.3) is 5.91 Å². The van der Waals surface area contributed by atoms with E-state index < -0.39 is 6.10 Å². The summed E-state index contributed by atoms with van der Waals surface area (Å²) in [6, 6.07) is 9.68. The molecule has 0 radical (unpaired) electrons. The molecule has 0 spiro atoms. The standard InChI is InChI=1S/C18H18FN5O2/c1-11(25)15-8-12-10-23(6-7-24(12)22-15)18(26)17-9-16(20-21-17)13-4-2-3-5-14(13)19/h2-5,8-9,11,25H,6-7,10H2,1H3,(H,20,21). The molecule has 1 aliphatic heterocycles. The number of hydrogen-bond acceptors (Lipinski definition) is 4. The third kappa shape index (κ3) is 2.88. The van der Waals surface area contributed by atoms with E-state index in [1.165, 1.54) is 6.07 Å². The van der Waals surface area contributed by atoms with Crippen molar-refractivity contribution in [3.63, 3.8) is 0 Å². The van der Waals surface area contributed by atoms with Gasteiger partial charge in [0.1, 0.15) is 11.5 Å². The molecule has 1 aromatic carbocycles. The summed E-state index contributed by atoms with van der Waals surface area (Å²) in [4.78, 5) is 14.4. The summed E-state index contributed by atoms with van der Waals surface area (Å²) < 4.78 is 15.7. The normalized spacial score (nSPS) is 15.0. The molecule has 3 heterocycles. The third-order valence-electron chi connectivity index (χ3n) is 4.49. The zero-order chi connectivity index (χ0) is 18.3. The maximum Gasteiger partial charge on any atom is 0.272 e. The number of nitrogens with zero attached hydrogens (tertiary/aromatic N) is 4. The average molecular weight is 355 g/mol. The number of aromatic amines is 1. The first-order valence-electron chi connectivity index (χ1n) is 8.37. The molecular formula is C18H18FN5O2. The molecule has 3 aromatic rings. The summed E-state index contributed by atoms with van der Waals surface area (Å²) in [5.74, 6) is -0.586. The van der Waals surface area contributed by atoms with Crippen molar-refractivity contribution in [1.29, 1.82) is 0 Å². The summed E-state index contributed by atoms with van der Waals surface area (Å²) in [6.45, 7) is 3.11. The van der Waals surface area contributed by atoms with Gasteiger partial charge in [-0.3, -0.25) is 14.6 Å². The van der Waals surface area contributed by atoms with Crippen LogP contribution >= 0.6 is 0 Å². The molecule has 1 atom stereocenters. The smallest absolute Gasteiger partial charge is 0.272 e. The van der Waals surface area contributed by atoms with Crippen LogP contribution in [0.15, 0.2) is 36.4 Å². The van der Waals surface area contributed by atoms with Crippen molar-refractivity contribution in [3.8, 4) is 11.3 Å². The number of carbonyl (C=O) groups is 1. The summed E-state index contributed by atoms with van der Waals surface area (Å²) in [6.07, 6.45) is -0.645. The highest BCUT2D eigenvalue weighted by Gasteiger charge is 2.25. The number of amides is 1. The monoisotopic (exact) mass is 355 g/mol. The minimum absolute atomic E-state index is 0.203. The molecule has 26 heavy (non-hydrogen) atoms. The molecule has 0 saturated heterocycles. The molecular weight excluding hydrogens is 337 g/mol. The molecule has 1 amide bonds. The Bertz CT molecular complexity index is 962. The van der Waals surface area contributed by atoms with Gasteiger partial charge in [0.05, 0.1) is 36.3 Å². The lowest BCUT2D eigenvalue weighted by Gasteiger charge is -2.27. The van der Waals surface area contributed by atoms with Crippen molar-refractivity contribution < 1.29 is 14.3 Å². The van der Waals surface area contributed by atoms with E-state index in [0.717, 1.165) is 5.69 Å². The van der Waals surface area contributed by atoms with Gasteiger partial charge in [0.15, 0.2) is 0 Å². The average Bonchev–Trinajstić information content (AvgIpc) is 3.28. The van der Waals surface area contributed by atoms with E-state index in [4.69, 9.17) is 0 Å². The predicted octanol–water partition coefficient (Wildman–Crippen LogP) is 2.12. The Kier molecular flexibility index (Phi) is 4.04. The Morgan fingerprint density at radius 1 is 1.31 bits per heavy atom. The molecule has 8 heteroatoms. The van der Waals surface area contributed by atoms with E-state index in [9.17, 15) is 14.3 Å². The lowest BCUT2D eigenvalue weighted by Crippen LogP contribution is -2.38. The SMILES string of the molecule is CC(O)c1cc2n(n1)CCN(C(=O)c1cc(-c3ccccc3F)n[nH]1)C2. The van der Waals surface area contributed by atoms with Crippen LogP contribution in [0.3, 0.4) is 0 Å². The number of benzene rings is 1. The van der Waals surface area contributed by atoms with Crippen LogP contribution in [0.25, 0.3) is 11.3 Å². The molecule has 4 rings (SSSR count). The number of fused-ring (bicyclic) bond motifs is 1. The Balaban J connectivity index is 1.54. The number of aromatic nitrogens is 4. The molecule has 2 N–H and O–H groups in total. The topological polar surface area (TPSA) is 87.0 Å². The molecule has 1 unspecified atom stereocenters. The molecule has 7 nitrogen and oxygen atoms in total. The second-order valence-corrected chi connectivity index (χ2v) is 6.33. The van der Waals surface area contributed by atoms with Crippen LogP contribution in [-0.2, 0) is 13.1 Å². The lowest BCUT2D eigenvalue weighted by molar-refractivity contribution is 0.0699. The summed E-state index contributed by atoms with van der Waals surface area (Å²) in [5, 5.41) is 20.8. The molecule has 0 bridgehead atoms. The zero-order valence-corrected chi connectivity index (χ0v) is 14.2. The Hall–Kier alpha value is -3.00. The predicted molar refractivity (Wildman–Crippen MR) is 91.6 cm³/mol. The highest BCUT2D eigenvalue weighted by Crippen LogP contribution is 2.23. The van der Waals surface area contributed by atoms with Crippen LogP contribution in [0.1, 0.15) is 34.9 Å². The fraction of sp³-hybridized carbons (Fsp3) is 0.278. The second-order valence-electron chi connectivity index (χ2n) is 6.33. The van der Waals surface area contributed by atoms with Gasteiger partial charge in [0, 0.05) is 12.1 Å². The number of aliphatic hydroxyl groups excluding tert-OH is 1. The minimum Gasteiger partial charge on any atom is -0.387 e. The molecule has 2 aromatic heterocycles. The first kappa shape index (κ1) is 16.5. The van der Waals surface area contributed by atoms with Crippen LogP contribution in [0.5, 0.6) is 0 Å². The Morgan fingerprint density at radius 2 is 2.12 bits per heavy atom. The lowest BCUT2D eigenvalue weighted by atomic mass is 10.1. The Morgan fingerprint density at radius 3 is 2.88 bits per heavy atom. The molecule has 0 saturated carbocycles.